The van der Waals surface area contributed by atoms with Crippen LogP contribution >= 0.6 is 0 Å². The van der Waals surface area contributed by atoms with Gasteiger partial charge in [-0.15, -0.1) is 0 Å². The van der Waals surface area contributed by atoms with Crippen LogP contribution in [-0.2, 0) is 0 Å². The highest BCUT2D eigenvalue weighted by atomic mass is 16.3. The highest BCUT2D eigenvalue weighted by Crippen LogP contribution is 2.05. The minimum atomic E-state index is -0.500. The van der Waals surface area contributed by atoms with Crippen LogP contribution in [0, 0.1) is 0 Å². The molecule has 4 nitrogen and oxygen atoms in total. The summed E-state index contributed by atoms with van der Waals surface area (Å²) < 4.78 is 0. The average molecular weight is 336 g/mol. The van der Waals surface area contributed by atoms with Crippen LogP contribution in [0.4, 0.5) is 0 Å². The normalized spacial score (nSPS) is 12.3. The van der Waals surface area contributed by atoms with Crippen molar-refractivity contribution in [2.75, 3.05) is 21.1 Å². The topological polar surface area (TPSA) is 61.5 Å². The lowest BCUT2D eigenvalue weighted by Gasteiger charge is -2.27. The Morgan fingerprint density at radius 1 is 0.739 bits per heavy atom. The maximum absolute atomic E-state index is 8.52. The van der Waals surface area contributed by atoms with Gasteiger partial charge >= 0.3 is 0 Å². The molecule has 0 aromatic carbocycles. The third kappa shape index (κ3) is 110. The van der Waals surface area contributed by atoms with Crippen LogP contribution < -0.4 is 11.1 Å². The van der Waals surface area contributed by atoms with E-state index in [9.17, 15) is 0 Å². The summed E-state index contributed by atoms with van der Waals surface area (Å²) in [6.07, 6.45) is 0. The van der Waals surface area contributed by atoms with Gasteiger partial charge < -0.3 is 21.1 Å². The zero-order valence-corrected chi connectivity index (χ0v) is 19.0. The zero-order chi connectivity index (χ0) is 20.3. The lowest BCUT2D eigenvalue weighted by molar-refractivity contribution is 0.102. The van der Waals surface area contributed by atoms with Crippen LogP contribution in [0.15, 0.2) is 0 Å². The third-order valence-corrected chi connectivity index (χ3v) is 2.09. The first kappa shape index (κ1) is 30.7. The van der Waals surface area contributed by atoms with E-state index in [0.717, 1.165) is 0 Å². The second-order valence-corrected chi connectivity index (χ2v) is 10.1. The van der Waals surface area contributed by atoms with E-state index in [1.807, 2.05) is 27.8 Å². The van der Waals surface area contributed by atoms with Crippen LogP contribution in [0.25, 0.3) is 0 Å². The fraction of sp³-hybridized carbons (Fsp3) is 1.00. The molecule has 0 radical (unpaired) electrons. The summed E-state index contributed by atoms with van der Waals surface area (Å²) in [6, 6.07) is 0. The molecule has 23 heavy (non-hydrogen) atoms. The molecule has 4 heteroatoms. The molecule has 0 spiro atoms. The highest BCUT2D eigenvalue weighted by molar-refractivity contribution is 4.68. The second-order valence-electron chi connectivity index (χ2n) is 10.1. The van der Waals surface area contributed by atoms with E-state index in [0.29, 0.717) is 11.1 Å². The van der Waals surface area contributed by atoms with Crippen molar-refractivity contribution in [2.45, 2.75) is 105 Å². The number of nitrogens with one attached hydrogen (secondary N) is 1. The highest BCUT2D eigenvalue weighted by Gasteiger charge is 2.10. The minimum Gasteiger partial charge on any atom is -0.391 e. The molecule has 0 aromatic rings. The fourth-order valence-electron chi connectivity index (χ4n) is 0. The van der Waals surface area contributed by atoms with Gasteiger partial charge in [0.2, 0.25) is 0 Å². The fourth-order valence-corrected chi connectivity index (χ4v) is 0. The largest absolute Gasteiger partial charge is 0.391 e. The van der Waals surface area contributed by atoms with Crippen molar-refractivity contribution in [3.8, 4) is 0 Å². The Labute approximate surface area is 148 Å². The first-order valence-corrected chi connectivity index (χ1v) is 8.38. The Bertz CT molecular complexity index is 224. The first-order valence-electron chi connectivity index (χ1n) is 8.38. The lowest BCUT2D eigenvalue weighted by atomic mass is 10.1. The van der Waals surface area contributed by atoms with Gasteiger partial charge in [0.05, 0.1) is 5.60 Å². The van der Waals surface area contributed by atoms with Gasteiger partial charge in [0, 0.05) is 16.6 Å². The summed E-state index contributed by atoms with van der Waals surface area (Å²) in [5.74, 6) is 0. The molecule has 0 fully saturated rings. The Hall–Kier alpha value is -0.160. The molecular weight excluding hydrogens is 286 g/mol. The maximum atomic E-state index is 8.52. The van der Waals surface area contributed by atoms with Gasteiger partial charge in [-0.25, -0.2) is 0 Å². The molecule has 0 heterocycles. The summed E-state index contributed by atoms with van der Waals surface area (Å²) in [7, 11) is 6.12. The number of hydrogen-bond acceptors (Lipinski definition) is 4. The average Bonchev–Trinajstić information content (AvgIpc) is 2.10. The standard InChI is InChI=1S/C6H15N.C5H13N.C4H11N.C4H10O/c1-6(2,3)7(4)5;1-5(2,3)6-4;2*1-4(2,3)5/h1-5H3;6H,1-4H3;5H2,1-3H3;5H,1-3H3. The molecule has 0 bridgehead atoms. The summed E-state index contributed by atoms with van der Waals surface area (Å²) in [4.78, 5) is 2.19. The molecule has 0 saturated carbocycles. The Morgan fingerprint density at radius 3 is 0.826 bits per heavy atom. The van der Waals surface area contributed by atoms with Crippen LogP contribution in [0.1, 0.15) is 83.1 Å². The van der Waals surface area contributed by atoms with E-state index < -0.39 is 5.60 Å². The molecule has 4 N–H and O–H groups in total. The van der Waals surface area contributed by atoms with Crippen molar-refractivity contribution in [2.24, 2.45) is 5.73 Å². The van der Waals surface area contributed by atoms with Gasteiger partial charge in [-0.2, -0.15) is 0 Å². The van der Waals surface area contributed by atoms with Gasteiger partial charge in [0.1, 0.15) is 0 Å². The first-order chi connectivity index (χ1) is 9.50. The Morgan fingerprint density at radius 2 is 0.826 bits per heavy atom. The van der Waals surface area contributed by atoms with E-state index in [1.54, 1.807) is 20.8 Å². The molecule has 0 aromatic heterocycles. The molecule has 0 rings (SSSR count). The van der Waals surface area contributed by atoms with Crippen molar-refractivity contribution in [1.82, 2.24) is 10.2 Å². The van der Waals surface area contributed by atoms with Gasteiger partial charge in [0.25, 0.3) is 0 Å². The molecule has 0 amide bonds. The number of nitrogens with zero attached hydrogens (tertiary/aromatic N) is 1. The number of nitrogens with two attached hydrogens (primary N) is 1. The van der Waals surface area contributed by atoms with Crippen LogP contribution in [-0.4, -0.2) is 53.4 Å². The summed E-state index contributed by atoms with van der Waals surface area (Å²) >= 11 is 0. The predicted molar refractivity (Wildman–Crippen MR) is 108 cm³/mol. The molecule has 0 unspecified atom stereocenters. The molecule has 0 aliphatic carbocycles. The molecule has 0 aliphatic rings. The maximum Gasteiger partial charge on any atom is 0.0563 e. The molecule has 0 saturated heterocycles. The van der Waals surface area contributed by atoms with Crippen LogP contribution in [0.5, 0.6) is 0 Å². The van der Waals surface area contributed by atoms with E-state index >= 15 is 0 Å². The zero-order valence-electron chi connectivity index (χ0n) is 19.0. The molecule has 0 aliphatic heterocycles. The quantitative estimate of drug-likeness (QED) is 0.629. The van der Waals surface area contributed by atoms with Gasteiger partial charge in [-0.3, -0.25) is 0 Å². The van der Waals surface area contributed by atoms with Crippen molar-refractivity contribution < 1.29 is 5.11 Å². The van der Waals surface area contributed by atoms with E-state index in [1.165, 1.54) is 0 Å². The van der Waals surface area contributed by atoms with Crippen LogP contribution in [0.2, 0.25) is 0 Å². The van der Waals surface area contributed by atoms with Crippen molar-refractivity contribution in [3.05, 3.63) is 0 Å². The minimum absolute atomic E-state index is 0. The van der Waals surface area contributed by atoms with E-state index in [2.05, 4.69) is 65.9 Å². The van der Waals surface area contributed by atoms with Crippen molar-refractivity contribution >= 4 is 0 Å². The van der Waals surface area contributed by atoms with Crippen molar-refractivity contribution in [3.63, 3.8) is 0 Å². The Kier molecular flexibility index (Phi) is 16.3. The SMILES string of the molecule is CC(C)(C)N.CC(C)(C)O.CN(C)C(C)(C)C.CNC(C)(C)C. The summed E-state index contributed by atoms with van der Waals surface area (Å²) in [6.45, 7) is 24.1. The smallest absolute Gasteiger partial charge is 0.0563 e. The third-order valence-electron chi connectivity index (χ3n) is 2.09. The molecule has 146 valence electrons. The molecular formula is C19H49N3O. The van der Waals surface area contributed by atoms with Crippen molar-refractivity contribution in [1.29, 1.82) is 0 Å². The number of rotatable bonds is 0. The van der Waals surface area contributed by atoms with Crippen LogP contribution in [0.3, 0.4) is 0 Å². The number of aliphatic hydroxyl groups is 1. The Balaban J connectivity index is -0.000000106. The lowest BCUT2D eigenvalue weighted by Crippen LogP contribution is -2.34. The number of hydrogen-bond donors (Lipinski definition) is 3. The van der Waals surface area contributed by atoms with E-state index in [4.69, 9.17) is 10.8 Å². The van der Waals surface area contributed by atoms with Gasteiger partial charge in [0.15, 0.2) is 0 Å². The second kappa shape index (κ2) is 12.2. The predicted octanol–water partition coefficient (Wildman–Crippen LogP) is 3.87. The summed E-state index contributed by atoms with van der Waals surface area (Å²) in [5, 5.41) is 11.6. The monoisotopic (exact) mass is 335 g/mol. The van der Waals surface area contributed by atoms with Gasteiger partial charge in [-0.1, -0.05) is 0 Å². The van der Waals surface area contributed by atoms with Gasteiger partial charge in [-0.05, 0) is 104 Å². The van der Waals surface area contributed by atoms with E-state index in [-0.39, 0.29) is 5.54 Å². The summed E-state index contributed by atoms with van der Waals surface area (Å²) in [5.41, 5.74) is 5.48. The molecule has 0 atom stereocenters.